The second kappa shape index (κ2) is 5.38. The van der Waals surface area contributed by atoms with Gasteiger partial charge in [0.1, 0.15) is 0 Å². The van der Waals surface area contributed by atoms with E-state index in [1.54, 1.807) is 0 Å². The third-order valence-corrected chi connectivity index (χ3v) is 13.2. The number of hydrogen-bond donors (Lipinski definition) is 0. The lowest BCUT2D eigenvalue weighted by Crippen LogP contribution is -2.13. The van der Waals surface area contributed by atoms with Gasteiger partial charge in [0.25, 0.3) is 0 Å². The maximum absolute atomic E-state index is 2.44. The topological polar surface area (TPSA) is 0 Å². The van der Waals surface area contributed by atoms with E-state index >= 15 is 0 Å². The first-order valence-electron chi connectivity index (χ1n) is 5.85. The van der Waals surface area contributed by atoms with E-state index in [4.69, 9.17) is 0 Å². The molecule has 3 heteroatoms. The first kappa shape index (κ1) is 12.1. The van der Waals surface area contributed by atoms with Gasteiger partial charge >= 0.3 is 0 Å². The SMILES string of the molecule is C1=CP(c2ccccc2)(c2ccccc2)=PP=C1. The third-order valence-electron chi connectivity index (χ3n) is 2.95. The van der Waals surface area contributed by atoms with Gasteiger partial charge in [-0.25, -0.2) is 0 Å². The maximum atomic E-state index is 2.44. The van der Waals surface area contributed by atoms with Gasteiger partial charge in [-0.05, 0) is 37.7 Å². The van der Waals surface area contributed by atoms with Crippen LogP contribution in [0.1, 0.15) is 0 Å². The molecule has 0 atom stereocenters. The predicted molar refractivity (Wildman–Crippen MR) is 88.1 cm³/mol. The quantitative estimate of drug-likeness (QED) is 0.701. The first-order valence-corrected chi connectivity index (χ1v) is 11.0. The number of rotatable bonds is 2. The zero-order valence-electron chi connectivity index (χ0n) is 9.85. The Kier molecular flexibility index (Phi) is 3.62. The number of benzene rings is 2. The minimum absolute atomic E-state index is 1.35. The van der Waals surface area contributed by atoms with Crippen molar-refractivity contribution in [2.75, 3.05) is 0 Å². The second-order valence-electron chi connectivity index (χ2n) is 4.05. The molecule has 0 fully saturated rings. The fraction of sp³-hybridized carbons (Fsp3) is 0. The van der Waals surface area contributed by atoms with E-state index in [2.05, 4.69) is 78.4 Å². The van der Waals surface area contributed by atoms with Crippen molar-refractivity contribution in [2.45, 2.75) is 0 Å². The Balaban J connectivity index is 2.28. The zero-order chi connectivity index (χ0) is 12.3. The molecule has 0 bridgehead atoms. The summed E-state index contributed by atoms with van der Waals surface area (Å²) in [5.41, 5.74) is 0. The molecule has 0 amide bonds. The molecule has 1 heterocycles. The van der Waals surface area contributed by atoms with Gasteiger partial charge < -0.3 is 0 Å². The Morgan fingerprint density at radius 3 is 1.72 bits per heavy atom. The Bertz CT molecular complexity index is 596. The largest absolute Gasteiger partial charge is 0.0622 e. The van der Waals surface area contributed by atoms with E-state index in [9.17, 15) is 0 Å². The van der Waals surface area contributed by atoms with E-state index in [0.29, 0.717) is 0 Å². The van der Waals surface area contributed by atoms with Gasteiger partial charge in [-0.3, -0.25) is 0 Å². The average molecular weight is 286 g/mol. The van der Waals surface area contributed by atoms with Crippen molar-refractivity contribution in [1.82, 2.24) is 0 Å². The Labute approximate surface area is 111 Å². The molecular formula is C15H13P3. The molecule has 18 heavy (non-hydrogen) atoms. The first-order chi connectivity index (χ1) is 8.92. The van der Waals surface area contributed by atoms with Gasteiger partial charge in [0.2, 0.25) is 0 Å². The van der Waals surface area contributed by atoms with E-state index in [-0.39, 0.29) is 0 Å². The lowest BCUT2D eigenvalue weighted by Gasteiger charge is -2.23. The van der Waals surface area contributed by atoms with Crippen LogP contribution in [-0.4, -0.2) is 5.80 Å². The van der Waals surface area contributed by atoms with Gasteiger partial charge in [-0.1, -0.05) is 66.7 Å². The van der Waals surface area contributed by atoms with Crippen LogP contribution in [-0.2, 0) is 0 Å². The third kappa shape index (κ3) is 2.17. The van der Waals surface area contributed by atoms with Crippen molar-refractivity contribution >= 4 is 38.4 Å². The highest BCUT2D eigenvalue weighted by molar-refractivity contribution is 8.37. The van der Waals surface area contributed by atoms with Gasteiger partial charge in [-0.15, -0.1) is 0 Å². The molecular weight excluding hydrogens is 273 g/mol. The molecule has 0 spiro atoms. The van der Waals surface area contributed by atoms with Crippen molar-refractivity contribution in [2.24, 2.45) is 0 Å². The van der Waals surface area contributed by atoms with Crippen LogP contribution < -0.4 is 10.6 Å². The minimum atomic E-state index is -1.35. The molecule has 1 aliphatic heterocycles. The average Bonchev–Trinajstić information content (AvgIpc) is 2.50. The normalized spacial score (nSPS) is 18.0. The highest BCUT2D eigenvalue weighted by Crippen LogP contribution is 2.61. The van der Waals surface area contributed by atoms with Crippen molar-refractivity contribution in [3.05, 3.63) is 72.6 Å². The highest BCUT2D eigenvalue weighted by Gasteiger charge is 2.20. The van der Waals surface area contributed by atoms with Crippen molar-refractivity contribution in [3.8, 4) is 0 Å². The second-order valence-corrected chi connectivity index (χ2v) is 12.2. The standard InChI is InChI=1S/C15H13P3/c1-3-8-14(9-4-1)18(13-7-12-16-17-18)15-10-5-2-6-11-15/h1-13H. The van der Waals surface area contributed by atoms with Gasteiger partial charge in [0.15, 0.2) is 0 Å². The van der Waals surface area contributed by atoms with Crippen LogP contribution in [0, 0.1) is 0 Å². The van der Waals surface area contributed by atoms with E-state index in [1.165, 1.54) is 26.1 Å². The molecule has 88 valence electrons. The molecule has 1 aliphatic rings. The highest BCUT2D eigenvalue weighted by atomic mass is 32.2. The summed E-state index contributed by atoms with van der Waals surface area (Å²) in [7, 11) is 2.92. The molecule has 0 aromatic heterocycles. The molecule has 0 unspecified atom stereocenters. The van der Waals surface area contributed by atoms with Crippen molar-refractivity contribution in [3.63, 3.8) is 0 Å². The summed E-state index contributed by atoms with van der Waals surface area (Å²) in [5, 5.41) is 2.96. The molecule has 2 aromatic carbocycles. The molecule has 0 radical (unpaired) electrons. The van der Waals surface area contributed by atoms with E-state index in [0.717, 1.165) is 0 Å². The summed E-state index contributed by atoms with van der Waals surface area (Å²) in [5.74, 6) is 4.68. The van der Waals surface area contributed by atoms with Gasteiger partial charge in [-0.2, -0.15) is 0 Å². The number of allylic oxidation sites excluding steroid dienone is 1. The van der Waals surface area contributed by atoms with Crippen LogP contribution in [0.4, 0.5) is 0 Å². The van der Waals surface area contributed by atoms with Gasteiger partial charge in [0, 0.05) is 6.55 Å². The van der Waals surface area contributed by atoms with E-state index in [1.807, 2.05) is 0 Å². The minimum Gasteiger partial charge on any atom is -0.0622 e. The van der Waals surface area contributed by atoms with Crippen LogP contribution in [0.15, 0.2) is 72.6 Å². The zero-order valence-corrected chi connectivity index (χ0v) is 12.5. The van der Waals surface area contributed by atoms with Crippen LogP contribution in [0.2, 0.25) is 0 Å². The summed E-state index contributed by atoms with van der Waals surface area (Å²) >= 11 is 0. The molecule has 2 aromatic rings. The summed E-state index contributed by atoms with van der Waals surface area (Å²) in [6.45, 7) is -1.35. The van der Waals surface area contributed by atoms with Crippen LogP contribution in [0.5, 0.6) is 0 Å². The smallest absolute Gasteiger partial charge is 0.000872 e. The van der Waals surface area contributed by atoms with E-state index < -0.39 is 6.55 Å². The Morgan fingerprint density at radius 2 is 1.28 bits per heavy atom. The Hall–Kier alpha value is -0.920. The van der Waals surface area contributed by atoms with Crippen molar-refractivity contribution < 1.29 is 0 Å². The predicted octanol–water partition coefficient (Wildman–Crippen LogP) is 4.71. The summed E-state index contributed by atoms with van der Waals surface area (Å²) in [6, 6.07) is 21.9. The van der Waals surface area contributed by atoms with Crippen LogP contribution in [0.3, 0.4) is 0 Å². The lowest BCUT2D eigenvalue weighted by atomic mass is 10.4. The molecule has 0 saturated heterocycles. The van der Waals surface area contributed by atoms with Crippen LogP contribution in [0.25, 0.3) is 0 Å². The van der Waals surface area contributed by atoms with Crippen LogP contribution >= 0.6 is 22.0 Å². The molecule has 0 nitrogen and oxygen atoms in total. The fourth-order valence-electron chi connectivity index (χ4n) is 2.08. The fourth-order valence-corrected chi connectivity index (χ4v) is 12.2. The summed E-state index contributed by atoms with van der Waals surface area (Å²) < 4.78 is 0. The number of hydrogen-bond acceptors (Lipinski definition) is 0. The van der Waals surface area contributed by atoms with Gasteiger partial charge in [0.05, 0.1) is 0 Å². The molecule has 0 aliphatic carbocycles. The molecule has 3 rings (SSSR count). The lowest BCUT2D eigenvalue weighted by molar-refractivity contribution is 1.75. The summed E-state index contributed by atoms with van der Waals surface area (Å²) in [6.07, 6.45) is 2.24. The molecule has 0 N–H and O–H groups in total. The van der Waals surface area contributed by atoms with Crippen molar-refractivity contribution in [1.29, 1.82) is 0 Å². The summed E-state index contributed by atoms with van der Waals surface area (Å²) in [4.78, 5) is 0. The monoisotopic (exact) mass is 286 g/mol. The molecule has 0 saturated carbocycles. The maximum Gasteiger partial charge on any atom is 0.000872 e. The Morgan fingerprint density at radius 1 is 0.722 bits per heavy atom.